The normalized spacial score (nSPS) is 10.6. The van der Waals surface area contributed by atoms with Gasteiger partial charge in [0.05, 0.1) is 25.8 Å². The van der Waals surface area contributed by atoms with Gasteiger partial charge in [-0.3, -0.25) is 0 Å². The lowest BCUT2D eigenvalue weighted by Gasteiger charge is -1.95. The van der Waals surface area contributed by atoms with Crippen LogP contribution < -0.4 is 9.13 Å². The number of aromatic nitrogens is 4. The number of aryl methyl sites for hydroxylation is 3. The van der Waals surface area contributed by atoms with Crippen molar-refractivity contribution in [2.45, 2.75) is 33.0 Å². The number of rotatable bonds is 6. The van der Waals surface area contributed by atoms with E-state index in [0.29, 0.717) is 0 Å². The average molecular weight is 232 g/mol. The van der Waals surface area contributed by atoms with Crippen LogP contribution in [0.15, 0.2) is 44.0 Å². The summed E-state index contributed by atoms with van der Waals surface area (Å²) in [6, 6.07) is 0. The van der Waals surface area contributed by atoms with Gasteiger partial charge in [-0.2, -0.15) is 0 Å². The number of nitrogens with zero attached hydrogens (tertiary/aromatic N) is 4. The maximum absolute atomic E-state index is 3.73. The van der Waals surface area contributed by atoms with E-state index in [9.17, 15) is 0 Å². The Morgan fingerprint density at radius 1 is 1.12 bits per heavy atom. The molecule has 4 heteroatoms. The molecule has 4 nitrogen and oxygen atoms in total. The van der Waals surface area contributed by atoms with Gasteiger partial charge in [-0.05, 0) is 6.92 Å². The zero-order valence-corrected chi connectivity index (χ0v) is 10.4. The lowest BCUT2D eigenvalue weighted by atomic mass is 10.4. The minimum Gasteiger partial charge on any atom is -0.237 e. The van der Waals surface area contributed by atoms with Gasteiger partial charge in [-0.25, -0.2) is 18.3 Å². The van der Waals surface area contributed by atoms with Crippen molar-refractivity contribution in [3.63, 3.8) is 0 Å². The molecular weight excluding hydrogens is 212 g/mol. The van der Waals surface area contributed by atoms with Crippen molar-refractivity contribution in [3.8, 4) is 0 Å². The van der Waals surface area contributed by atoms with Crippen molar-refractivity contribution in [3.05, 3.63) is 44.0 Å². The Labute approximate surface area is 102 Å². The lowest BCUT2D eigenvalue weighted by molar-refractivity contribution is -0.726. The molecule has 0 aliphatic carbocycles. The Balaban J connectivity index is 1.80. The zero-order valence-electron chi connectivity index (χ0n) is 10.4. The molecule has 0 atom stereocenters. The first-order valence-electron chi connectivity index (χ1n) is 6.05. The molecule has 0 spiro atoms. The third kappa shape index (κ3) is 3.06. The molecule has 0 amide bonds. The molecule has 0 N–H and O–H groups in total. The highest BCUT2D eigenvalue weighted by Crippen LogP contribution is 1.88. The SMILES string of the molecule is C=Cn1cc[n+](CCC[n+]2ccn(CC)c2)c1. The van der Waals surface area contributed by atoms with E-state index in [0.717, 1.165) is 26.1 Å². The molecule has 2 aromatic heterocycles. The fourth-order valence-corrected chi connectivity index (χ4v) is 1.85. The van der Waals surface area contributed by atoms with Crippen molar-refractivity contribution >= 4 is 6.20 Å². The first-order valence-corrected chi connectivity index (χ1v) is 6.05. The second-order valence-corrected chi connectivity index (χ2v) is 4.12. The van der Waals surface area contributed by atoms with Crippen LogP contribution in [0.1, 0.15) is 13.3 Å². The molecule has 0 aliphatic heterocycles. The topological polar surface area (TPSA) is 17.6 Å². The van der Waals surface area contributed by atoms with E-state index in [1.165, 1.54) is 0 Å². The lowest BCUT2D eigenvalue weighted by Crippen LogP contribution is -2.36. The zero-order chi connectivity index (χ0) is 12.1. The molecular formula is C13H20N4+2. The van der Waals surface area contributed by atoms with Gasteiger partial charge in [0.1, 0.15) is 24.8 Å². The van der Waals surface area contributed by atoms with E-state index in [2.05, 4.69) is 58.4 Å². The highest BCUT2D eigenvalue weighted by atomic mass is 15.1. The van der Waals surface area contributed by atoms with Crippen LogP contribution in [-0.4, -0.2) is 9.13 Å². The molecule has 2 aromatic rings. The molecule has 0 unspecified atom stereocenters. The summed E-state index contributed by atoms with van der Waals surface area (Å²) in [5.74, 6) is 0. The Kier molecular flexibility index (Phi) is 3.75. The third-order valence-electron chi connectivity index (χ3n) is 2.87. The van der Waals surface area contributed by atoms with Crippen molar-refractivity contribution in [1.82, 2.24) is 9.13 Å². The fourth-order valence-electron chi connectivity index (χ4n) is 1.85. The van der Waals surface area contributed by atoms with E-state index >= 15 is 0 Å². The molecule has 0 radical (unpaired) electrons. The first-order chi connectivity index (χ1) is 8.31. The minimum atomic E-state index is 1.03. The van der Waals surface area contributed by atoms with E-state index < -0.39 is 0 Å². The molecule has 2 heterocycles. The van der Waals surface area contributed by atoms with Gasteiger partial charge in [-0.1, -0.05) is 6.58 Å². The second-order valence-electron chi connectivity index (χ2n) is 4.12. The van der Waals surface area contributed by atoms with Gasteiger partial charge in [-0.15, -0.1) is 0 Å². The number of hydrogen-bond donors (Lipinski definition) is 0. The van der Waals surface area contributed by atoms with Crippen LogP contribution in [0.5, 0.6) is 0 Å². The van der Waals surface area contributed by atoms with Crippen LogP contribution in [0.4, 0.5) is 0 Å². The largest absolute Gasteiger partial charge is 0.248 e. The van der Waals surface area contributed by atoms with Crippen molar-refractivity contribution in [2.75, 3.05) is 0 Å². The standard InChI is InChI=1S/C13H20N4/c1-3-14-8-10-16(12-14)6-5-7-17-11-9-15(4-2)13-17/h3,8-13H,1,4-7H2,2H3/q+2. The van der Waals surface area contributed by atoms with Crippen LogP contribution in [-0.2, 0) is 19.6 Å². The van der Waals surface area contributed by atoms with Gasteiger partial charge in [0.2, 0.25) is 12.7 Å². The molecule has 17 heavy (non-hydrogen) atoms. The summed E-state index contributed by atoms with van der Waals surface area (Å²) in [4.78, 5) is 0. The Hall–Kier alpha value is -1.84. The summed E-state index contributed by atoms with van der Waals surface area (Å²) in [5.41, 5.74) is 0. The van der Waals surface area contributed by atoms with E-state index in [-0.39, 0.29) is 0 Å². The highest BCUT2D eigenvalue weighted by molar-refractivity contribution is 5.12. The van der Waals surface area contributed by atoms with Gasteiger partial charge >= 0.3 is 0 Å². The van der Waals surface area contributed by atoms with Crippen molar-refractivity contribution in [1.29, 1.82) is 0 Å². The summed E-state index contributed by atoms with van der Waals surface area (Å²) in [5, 5.41) is 0. The fraction of sp³-hybridized carbons (Fsp3) is 0.385. The maximum Gasteiger partial charge on any atom is 0.248 e. The molecule has 0 fully saturated rings. The minimum absolute atomic E-state index is 1.03. The monoisotopic (exact) mass is 232 g/mol. The van der Waals surface area contributed by atoms with Crippen LogP contribution >= 0.6 is 0 Å². The van der Waals surface area contributed by atoms with Crippen LogP contribution in [0.25, 0.3) is 6.20 Å². The van der Waals surface area contributed by atoms with E-state index in [4.69, 9.17) is 0 Å². The van der Waals surface area contributed by atoms with Gasteiger partial charge in [0.15, 0.2) is 0 Å². The summed E-state index contributed by atoms with van der Waals surface area (Å²) in [6.45, 7) is 9.00. The Morgan fingerprint density at radius 3 is 2.41 bits per heavy atom. The quantitative estimate of drug-likeness (QED) is 0.663. The predicted octanol–water partition coefficient (Wildman–Crippen LogP) is 1.08. The molecule has 0 aromatic carbocycles. The molecule has 2 rings (SSSR count). The first kappa shape index (κ1) is 11.6. The summed E-state index contributed by atoms with van der Waals surface area (Å²) in [7, 11) is 0. The van der Waals surface area contributed by atoms with Crippen LogP contribution in [0.2, 0.25) is 0 Å². The summed E-state index contributed by atoms with van der Waals surface area (Å²) < 4.78 is 8.55. The third-order valence-corrected chi connectivity index (χ3v) is 2.87. The van der Waals surface area contributed by atoms with Crippen LogP contribution in [0, 0.1) is 0 Å². The van der Waals surface area contributed by atoms with Crippen LogP contribution in [0.3, 0.4) is 0 Å². The highest BCUT2D eigenvalue weighted by Gasteiger charge is 2.04. The van der Waals surface area contributed by atoms with Crippen molar-refractivity contribution < 1.29 is 9.13 Å². The average Bonchev–Trinajstić information content (AvgIpc) is 2.97. The number of imidazole rings is 2. The Morgan fingerprint density at radius 2 is 1.82 bits per heavy atom. The van der Waals surface area contributed by atoms with Crippen molar-refractivity contribution in [2.24, 2.45) is 0 Å². The molecule has 0 bridgehead atoms. The number of hydrogen-bond acceptors (Lipinski definition) is 0. The van der Waals surface area contributed by atoms with Gasteiger partial charge in [0, 0.05) is 6.42 Å². The Bertz CT molecular complexity index is 481. The summed E-state index contributed by atoms with van der Waals surface area (Å²) >= 11 is 0. The summed E-state index contributed by atoms with van der Waals surface area (Å²) in [6.07, 6.45) is 15.5. The maximum atomic E-state index is 3.73. The molecule has 0 saturated carbocycles. The smallest absolute Gasteiger partial charge is 0.237 e. The molecule has 90 valence electrons. The second kappa shape index (κ2) is 5.48. The van der Waals surface area contributed by atoms with E-state index in [1.807, 2.05) is 10.8 Å². The molecule has 0 aliphatic rings. The van der Waals surface area contributed by atoms with Gasteiger partial charge < -0.3 is 0 Å². The molecule has 0 saturated heterocycles. The predicted molar refractivity (Wildman–Crippen MR) is 65.9 cm³/mol. The van der Waals surface area contributed by atoms with Gasteiger partial charge in [0.25, 0.3) is 0 Å². The van der Waals surface area contributed by atoms with E-state index in [1.54, 1.807) is 6.20 Å².